The van der Waals surface area contributed by atoms with Gasteiger partial charge in [-0.05, 0) is 31.4 Å². The van der Waals surface area contributed by atoms with Crippen LogP contribution in [0.3, 0.4) is 0 Å². The molecule has 1 aromatic carbocycles. The van der Waals surface area contributed by atoms with Crippen LogP contribution >= 0.6 is 0 Å². The number of nitrogens with zero attached hydrogens (tertiary/aromatic N) is 1. The Morgan fingerprint density at radius 2 is 2.06 bits per heavy atom. The van der Waals surface area contributed by atoms with Crippen molar-refractivity contribution in [3.63, 3.8) is 0 Å². The van der Waals surface area contributed by atoms with E-state index in [0.717, 1.165) is 30.9 Å². The Balaban J connectivity index is 1.71. The van der Waals surface area contributed by atoms with Crippen LogP contribution in [0.25, 0.3) is 0 Å². The van der Waals surface area contributed by atoms with Crippen molar-refractivity contribution in [2.45, 2.75) is 32.7 Å². The molecule has 18 heavy (non-hydrogen) atoms. The molecular formula is C15H21N3. The van der Waals surface area contributed by atoms with Crippen molar-refractivity contribution in [1.82, 2.24) is 15.3 Å². The van der Waals surface area contributed by atoms with Crippen LogP contribution in [0.15, 0.2) is 36.7 Å². The fourth-order valence-electron chi connectivity index (χ4n) is 2.04. The average Bonchev–Trinajstić information content (AvgIpc) is 2.81. The molecule has 2 rings (SSSR count). The van der Waals surface area contributed by atoms with Crippen molar-refractivity contribution < 1.29 is 0 Å². The maximum absolute atomic E-state index is 4.27. The normalized spacial score (nSPS) is 12.6. The number of aryl methyl sites for hydroxylation is 1. The zero-order chi connectivity index (χ0) is 12.8. The van der Waals surface area contributed by atoms with E-state index in [4.69, 9.17) is 0 Å². The van der Waals surface area contributed by atoms with E-state index in [1.54, 1.807) is 6.33 Å². The molecule has 3 heteroatoms. The Morgan fingerprint density at radius 3 is 2.72 bits per heavy atom. The van der Waals surface area contributed by atoms with Gasteiger partial charge in [0.2, 0.25) is 0 Å². The SMILES string of the molecule is Cc1[nH]cnc1CNCCC(C)c1ccccc1. The van der Waals surface area contributed by atoms with Crippen LogP contribution in [0.1, 0.15) is 36.2 Å². The summed E-state index contributed by atoms with van der Waals surface area (Å²) in [6.07, 6.45) is 2.90. The third-order valence-corrected chi connectivity index (χ3v) is 3.35. The lowest BCUT2D eigenvalue weighted by Crippen LogP contribution is -2.17. The van der Waals surface area contributed by atoms with Gasteiger partial charge in [-0.2, -0.15) is 0 Å². The van der Waals surface area contributed by atoms with Gasteiger partial charge in [0.1, 0.15) is 0 Å². The number of rotatable bonds is 6. The largest absolute Gasteiger partial charge is 0.348 e. The van der Waals surface area contributed by atoms with Crippen LogP contribution in [-0.4, -0.2) is 16.5 Å². The molecule has 2 aromatic rings. The van der Waals surface area contributed by atoms with Crippen molar-refractivity contribution in [3.05, 3.63) is 53.6 Å². The van der Waals surface area contributed by atoms with Crippen molar-refractivity contribution >= 4 is 0 Å². The van der Waals surface area contributed by atoms with Gasteiger partial charge >= 0.3 is 0 Å². The average molecular weight is 243 g/mol. The van der Waals surface area contributed by atoms with Gasteiger partial charge in [0.05, 0.1) is 12.0 Å². The minimum absolute atomic E-state index is 0.596. The summed E-state index contributed by atoms with van der Waals surface area (Å²) in [6, 6.07) is 10.7. The molecule has 0 saturated heterocycles. The lowest BCUT2D eigenvalue weighted by Gasteiger charge is -2.12. The van der Waals surface area contributed by atoms with Gasteiger partial charge in [-0.1, -0.05) is 37.3 Å². The highest BCUT2D eigenvalue weighted by molar-refractivity contribution is 5.18. The highest BCUT2D eigenvalue weighted by atomic mass is 14.9. The summed E-state index contributed by atoms with van der Waals surface area (Å²) < 4.78 is 0. The van der Waals surface area contributed by atoms with E-state index in [1.807, 2.05) is 0 Å². The van der Waals surface area contributed by atoms with Crippen LogP contribution in [0.5, 0.6) is 0 Å². The fraction of sp³-hybridized carbons (Fsp3) is 0.400. The van der Waals surface area contributed by atoms with Crippen molar-refractivity contribution in [2.75, 3.05) is 6.54 Å². The zero-order valence-electron chi connectivity index (χ0n) is 11.1. The second-order valence-corrected chi connectivity index (χ2v) is 4.75. The van der Waals surface area contributed by atoms with Gasteiger partial charge in [0.15, 0.2) is 0 Å². The molecule has 0 aliphatic rings. The number of hydrogen-bond donors (Lipinski definition) is 2. The summed E-state index contributed by atoms with van der Waals surface area (Å²) in [4.78, 5) is 7.37. The summed E-state index contributed by atoms with van der Waals surface area (Å²) in [6.45, 7) is 6.19. The third-order valence-electron chi connectivity index (χ3n) is 3.35. The van der Waals surface area contributed by atoms with Crippen molar-refractivity contribution in [2.24, 2.45) is 0 Å². The predicted octanol–water partition coefficient (Wildman–Crippen LogP) is 3.00. The first-order chi connectivity index (χ1) is 8.77. The standard InChI is InChI=1S/C15H21N3/c1-12(14-6-4-3-5-7-14)8-9-16-10-15-13(2)17-11-18-15/h3-7,11-12,16H,8-10H2,1-2H3,(H,17,18). The summed E-state index contributed by atoms with van der Waals surface area (Å²) in [5.74, 6) is 0.596. The van der Waals surface area contributed by atoms with E-state index < -0.39 is 0 Å². The summed E-state index contributed by atoms with van der Waals surface area (Å²) in [5, 5.41) is 3.45. The summed E-state index contributed by atoms with van der Waals surface area (Å²) in [7, 11) is 0. The number of nitrogens with one attached hydrogen (secondary N) is 2. The molecule has 1 heterocycles. The van der Waals surface area contributed by atoms with Crippen LogP contribution in [0.4, 0.5) is 0 Å². The molecule has 1 aromatic heterocycles. The topological polar surface area (TPSA) is 40.7 Å². The lowest BCUT2D eigenvalue weighted by atomic mass is 9.98. The molecule has 0 spiro atoms. The van der Waals surface area contributed by atoms with E-state index >= 15 is 0 Å². The molecule has 1 atom stereocenters. The molecule has 0 amide bonds. The van der Waals surface area contributed by atoms with Crippen molar-refractivity contribution in [1.29, 1.82) is 0 Å². The van der Waals surface area contributed by atoms with Crippen LogP contribution in [0, 0.1) is 6.92 Å². The summed E-state index contributed by atoms with van der Waals surface area (Å²) >= 11 is 0. The van der Waals surface area contributed by atoms with Crippen LogP contribution < -0.4 is 5.32 Å². The molecule has 0 fully saturated rings. The minimum atomic E-state index is 0.596. The van der Waals surface area contributed by atoms with Gasteiger partial charge in [0, 0.05) is 12.2 Å². The Kier molecular flexibility index (Phi) is 4.53. The Hall–Kier alpha value is -1.61. The van der Waals surface area contributed by atoms with E-state index in [1.165, 1.54) is 5.56 Å². The fourth-order valence-corrected chi connectivity index (χ4v) is 2.04. The number of hydrogen-bond acceptors (Lipinski definition) is 2. The van der Waals surface area contributed by atoms with E-state index in [9.17, 15) is 0 Å². The lowest BCUT2D eigenvalue weighted by molar-refractivity contribution is 0.589. The number of imidazole rings is 1. The quantitative estimate of drug-likeness (QED) is 0.766. The predicted molar refractivity (Wildman–Crippen MR) is 74.5 cm³/mol. The first-order valence-corrected chi connectivity index (χ1v) is 6.52. The second-order valence-electron chi connectivity index (χ2n) is 4.75. The first-order valence-electron chi connectivity index (χ1n) is 6.52. The number of benzene rings is 1. The molecule has 0 bridgehead atoms. The molecule has 1 unspecified atom stereocenters. The zero-order valence-corrected chi connectivity index (χ0v) is 11.1. The van der Waals surface area contributed by atoms with Gasteiger partial charge in [-0.25, -0.2) is 4.98 Å². The molecule has 0 saturated carbocycles. The Bertz CT molecular complexity index is 462. The molecule has 0 aliphatic carbocycles. The second kappa shape index (κ2) is 6.36. The Morgan fingerprint density at radius 1 is 1.28 bits per heavy atom. The number of H-pyrrole nitrogens is 1. The molecule has 0 aliphatic heterocycles. The Labute approximate surface area is 109 Å². The monoisotopic (exact) mass is 243 g/mol. The van der Waals surface area contributed by atoms with Crippen LogP contribution in [0.2, 0.25) is 0 Å². The summed E-state index contributed by atoms with van der Waals surface area (Å²) in [5.41, 5.74) is 3.68. The highest BCUT2D eigenvalue weighted by Crippen LogP contribution is 2.17. The minimum Gasteiger partial charge on any atom is -0.348 e. The maximum Gasteiger partial charge on any atom is 0.0925 e. The van der Waals surface area contributed by atoms with E-state index in [-0.39, 0.29) is 0 Å². The van der Waals surface area contributed by atoms with Gasteiger partial charge in [-0.3, -0.25) is 0 Å². The molecule has 2 N–H and O–H groups in total. The van der Waals surface area contributed by atoms with Crippen LogP contribution in [-0.2, 0) is 6.54 Å². The van der Waals surface area contributed by atoms with Gasteiger partial charge in [-0.15, -0.1) is 0 Å². The third kappa shape index (κ3) is 3.44. The molecule has 3 nitrogen and oxygen atoms in total. The van der Waals surface area contributed by atoms with E-state index in [2.05, 4.69) is 59.5 Å². The number of aromatic amines is 1. The van der Waals surface area contributed by atoms with Crippen molar-refractivity contribution in [3.8, 4) is 0 Å². The first kappa shape index (κ1) is 12.8. The maximum atomic E-state index is 4.27. The molecule has 96 valence electrons. The molecule has 0 radical (unpaired) electrons. The highest BCUT2D eigenvalue weighted by Gasteiger charge is 2.05. The van der Waals surface area contributed by atoms with Gasteiger partial charge < -0.3 is 10.3 Å². The molecular weight excluding hydrogens is 222 g/mol. The van der Waals surface area contributed by atoms with E-state index in [0.29, 0.717) is 5.92 Å². The van der Waals surface area contributed by atoms with Gasteiger partial charge in [0.25, 0.3) is 0 Å². The smallest absolute Gasteiger partial charge is 0.0925 e. The number of aromatic nitrogens is 2.